The van der Waals surface area contributed by atoms with E-state index in [1.54, 1.807) is 25.1 Å². The molecule has 0 unspecified atom stereocenters. The third-order valence-electron chi connectivity index (χ3n) is 4.20. The zero-order valence-corrected chi connectivity index (χ0v) is 12.8. The van der Waals surface area contributed by atoms with Crippen molar-refractivity contribution in [2.75, 3.05) is 7.11 Å². The quantitative estimate of drug-likeness (QED) is 0.917. The predicted molar refractivity (Wildman–Crippen MR) is 79.9 cm³/mol. The fraction of sp³-hybridized carbons (Fsp3) is 0.353. The lowest BCUT2D eigenvalue weighted by Gasteiger charge is -2.33. The molecule has 1 aliphatic carbocycles. The molecule has 1 heterocycles. The molecule has 1 aromatic carbocycles. The van der Waals surface area contributed by atoms with Gasteiger partial charge in [0.1, 0.15) is 5.75 Å². The van der Waals surface area contributed by atoms with Gasteiger partial charge >= 0.3 is 5.97 Å². The molecule has 1 aliphatic heterocycles. The van der Waals surface area contributed by atoms with Crippen LogP contribution in [-0.2, 0) is 9.53 Å². The average molecular weight is 316 g/mol. The van der Waals surface area contributed by atoms with Crippen molar-refractivity contribution in [1.82, 2.24) is 0 Å². The zero-order chi connectivity index (χ0) is 16.7. The fourth-order valence-electron chi connectivity index (χ4n) is 3.18. The topological polar surface area (TPSA) is 89.9 Å². The van der Waals surface area contributed by atoms with Crippen LogP contribution in [0.2, 0.25) is 0 Å². The minimum atomic E-state index is -0.994. The SMILES string of the molecule is COc1ccc2c(c1)C(=O)C1=C(C[C@@H](CC(=O)O)O[C@H]1C)C2=O. The number of rotatable bonds is 3. The summed E-state index contributed by atoms with van der Waals surface area (Å²) >= 11 is 0. The van der Waals surface area contributed by atoms with Gasteiger partial charge in [-0.05, 0) is 25.1 Å². The highest BCUT2D eigenvalue weighted by Gasteiger charge is 2.40. The minimum Gasteiger partial charge on any atom is -0.497 e. The Morgan fingerprint density at radius 3 is 2.70 bits per heavy atom. The highest BCUT2D eigenvalue weighted by Crippen LogP contribution is 2.37. The van der Waals surface area contributed by atoms with Gasteiger partial charge in [0.05, 0.1) is 25.7 Å². The van der Waals surface area contributed by atoms with E-state index in [0.29, 0.717) is 28.0 Å². The van der Waals surface area contributed by atoms with Crippen LogP contribution in [0.15, 0.2) is 29.3 Å². The Hall–Kier alpha value is -2.47. The first-order valence-electron chi connectivity index (χ1n) is 7.30. The van der Waals surface area contributed by atoms with Crippen molar-refractivity contribution in [3.05, 3.63) is 40.5 Å². The van der Waals surface area contributed by atoms with E-state index in [2.05, 4.69) is 0 Å². The van der Waals surface area contributed by atoms with Crippen molar-refractivity contribution < 1.29 is 29.0 Å². The smallest absolute Gasteiger partial charge is 0.305 e. The number of hydrogen-bond donors (Lipinski definition) is 1. The summed E-state index contributed by atoms with van der Waals surface area (Å²) < 4.78 is 10.7. The van der Waals surface area contributed by atoms with Crippen molar-refractivity contribution >= 4 is 17.5 Å². The van der Waals surface area contributed by atoms with Crippen molar-refractivity contribution in [3.8, 4) is 5.75 Å². The number of carboxylic acids is 1. The second kappa shape index (κ2) is 5.62. The largest absolute Gasteiger partial charge is 0.497 e. The van der Waals surface area contributed by atoms with Crippen LogP contribution in [0.25, 0.3) is 0 Å². The maximum Gasteiger partial charge on any atom is 0.305 e. The number of ether oxygens (including phenoxy) is 2. The molecule has 0 saturated heterocycles. The molecule has 0 bridgehead atoms. The monoisotopic (exact) mass is 316 g/mol. The molecule has 23 heavy (non-hydrogen) atoms. The van der Waals surface area contributed by atoms with Crippen LogP contribution >= 0.6 is 0 Å². The summed E-state index contributed by atoms with van der Waals surface area (Å²) in [6.07, 6.45) is -1.27. The molecule has 2 atom stereocenters. The molecule has 120 valence electrons. The molecule has 0 aromatic heterocycles. The summed E-state index contributed by atoms with van der Waals surface area (Å²) in [6, 6.07) is 4.76. The molecule has 1 aromatic rings. The normalized spacial score (nSPS) is 23.4. The zero-order valence-electron chi connectivity index (χ0n) is 12.8. The van der Waals surface area contributed by atoms with Crippen molar-refractivity contribution in [2.24, 2.45) is 0 Å². The second-order valence-corrected chi connectivity index (χ2v) is 5.66. The van der Waals surface area contributed by atoms with Crippen LogP contribution in [0.4, 0.5) is 0 Å². The Labute approximate surface area is 132 Å². The van der Waals surface area contributed by atoms with E-state index >= 15 is 0 Å². The number of carbonyl (C=O) groups excluding carboxylic acids is 2. The third kappa shape index (κ3) is 2.55. The highest BCUT2D eigenvalue weighted by molar-refractivity contribution is 6.27. The molecule has 0 spiro atoms. The van der Waals surface area contributed by atoms with Gasteiger partial charge in [-0.25, -0.2) is 0 Å². The molecule has 6 heteroatoms. The molecule has 6 nitrogen and oxygen atoms in total. The predicted octanol–water partition coefficient (Wildman–Crippen LogP) is 2.02. The van der Waals surface area contributed by atoms with E-state index in [0.717, 1.165) is 0 Å². The molecule has 1 N–H and O–H groups in total. The maximum atomic E-state index is 12.7. The number of aliphatic carboxylic acids is 1. The number of hydrogen-bond acceptors (Lipinski definition) is 5. The Bertz CT molecular complexity index is 745. The van der Waals surface area contributed by atoms with Gasteiger partial charge in [-0.3, -0.25) is 14.4 Å². The first-order valence-corrected chi connectivity index (χ1v) is 7.30. The average Bonchev–Trinajstić information content (AvgIpc) is 2.51. The molecule has 2 aliphatic rings. The Morgan fingerprint density at radius 2 is 2.04 bits per heavy atom. The van der Waals surface area contributed by atoms with Crippen LogP contribution in [0, 0.1) is 0 Å². The van der Waals surface area contributed by atoms with Gasteiger partial charge < -0.3 is 14.6 Å². The first-order chi connectivity index (χ1) is 10.9. The lowest BCUT2D eigenvalue weighted by Crippen LogP contribution is -2.38. The number of ketones is 2. The summed E-state index contributed by atoms with van der Waals surface area (Å²) in [5.74, 6) is -0.981. The van der Waals surface area contributed by atoms with Gasteiger partial charge in [0.25, 0.3) is 0 Å². The highest BCUT2D eigenvalue weighted by atomic mass is 16.5. The number of carbonyl (C=O) groups is 3. The van der Waals surface area contributed by atoms with Crippen LogP contribution < -0.4 is 4.74 Å². The lowest BCUT2D eigenvalue weighted by atomic mass is 9.78. The van der Waals surface area contributed by atoms with Gasteiger partial charge in [0, 0.05) is 28.7 Å². The van der Waals surface area contributed by atoms with Gasteiger partial charge in [-0.15, -0.1) is 0 Å². The lowest BCUT2D eigenvalue weighted by molar-refractivity contribution is -0.141. The summed E-state index contributed by atoms with van der Waals surface area (Å²) in [4.78, 5) is 36.3. The van der Waals surface area contributed by atoms with E-state index in [9.17, 15) is 14.4 Å². The van der Waals surface area contributed by atoms with E-state index in [1.807, 2.05) is 0 Å². The van der Waals surface area contributed by atoms with Crippen LogP contribution in [0.3, 0.4) is 0 Å². The maximum absolute atomic E-state index is 12.7. The van der Waals surface area contributed by atoms with Gasteiger partial charge in [-0.2, -0.15) is 0 Å². The Morgan fingerprint density at radius 1 is 1.30 bits per heavy atom. The van der Waals surface area contributed by atoms with Crippen molar-refractivity contribution in [3.63, 3.8) is 0 Å². The summed E-state index contributed by atoms with van der Waals surface area (Å²) in [5.41, 5.74) is 1.34. The molecular weight excluding hydrogens is 300 g/mol. The first kappa shape index (κ1) is 15.4. The Balaban J connectivity index is 2.04. The molecule has 0 fully saturated rings. The third-order valence-corrected chi connectivity index (χ3v) is 4.20. The second-order valence-electron chi connectivity index (χ2n) is 5.66. The van der Waals surface area contributed by atoms with Gasteiger partial charge in [-0.1, -0.05) is 0 Å². The number of Topliss-reactive ketones (excluding diaryl/α,β-unsaturated/α-hetero) is 2. The summed E-state index contributed by atoms with van der Waals surface area (Å²) in [6.45, 7) is 1.67. The summed E-state index contributed by atoms with van der Waals surface area (Å²) in [5, 5.41) is 8.92. The van der Waals surface area contributed by atoms with Crippen LogP contribution in [-0.4, -0.2) is 42.0 Å². The van der Waals surface area contributed by atoms with Gasteiger partial charge in [0.2, 0.25) is 0 Å². The fourth-order valence-corrected chi connectivity index (χ4v) is 3.18. The van der Waals surface area contributed by atoms with E-state index < -0.39 is 18.2 Å². The van der Waals surface area contributed by atoms with E-state index in [-0.39, 0.29) is 24.4 Å². The van der Waals surface area contributed by atoms with Gasteiger partial charge in [0.15, 0.2) is 11.6 Å². The molecule has 0 saturated carbocycles. The standard InChI is InChI=1S/C17H16O6/c1-8-15-13(6-10(23-8)7-14(18)19)16(20)11-4-3-9(22-2)5-12(11)17(15)21/h3-5,8,10H,6-7H2,1-2H3,(H,18,19)/t8-,10-/m0/s1. The molecular formula is C17H16O6. The number of benzene rings is 1. The number of methoxy groups -OCH3 is 1. The number of carboxylic acid groups (broad SMARTS) is 1. The molecule has 0 radical (unpaired) electrons. The van der Waals surface area contributed by atoms with Crippen molar-refractivity contribution in [1.29, 1.82) is 0 Å². The van der Waals surface area contributed by atoms with Crippen molar-refractivity contribution in [2.45, 2.75) is 32.0 Å². The number of fused-ring (bicyclic) bond motifs is 1. The minimum absolute atomic E-state index is 0.141. The van der Waals surface area contributed by atoms with E-state index in [1.165, 1.54) is 7.11 Å². The van der Waals surface area contributed by atoms with E-state index in [4.69, 9.17) is 14.6 Å². The van der Waals surface area contributed by atoms with Crippen LogP contribution in [0.1, 0.15) is 40.5 Å². The molecule has 0 amide bonds. The van der Waals surface area contributed by atoms with Crippen LogP contribution in [0.5, 0.6) is 5.75 Å². The summed E-state index contributed by atoms with van der Waals surface area (Å²) in [7, 11) is 1.49. The molecule has 3 rings (SSSR count). The Kier molecular flexibility index (Phi) is 3.77.